The standard InChI is InChI=1S/C12H14O5S2/c1-17-11-5-2-4-10(8-11)12-9-18(13,14)6-3-7-19(12,15)16/h2,4-5,8-9H,3,6-7H2,1H3. The molecule has 1 aromatic rings. The fraction of sp³-hybridized carbons (Fsp3) is 0.333. The van der Waals surface area contributed by atoms with Crippen LogP contribution in [-0.4, -0.2) is 35.5 Å². The van der Waals surface area contributed by atoms with Gasteiger partial charge in [0.15, 0.2) is 19.7 Å². The van der Waals surface area contributed by atoms with Gasteiger partial charge in [0.05, 0.1) is 23.5 Å². The van der Waals surface area contributed by atoms with E-state index in [0.717, 1.165) is 5.41 Å². The molecule has 1 heterocycles. The van der Waals surface area contributed by atoms with Crippen molar-refractivity contribution in [2.75, 3.05) is 18.6 Å². The summed E-state index contributed by atoms with van der Waals surface area (Å²) in [6, 6.07) is 6.38. The topological polar surface area (TPSA) is 77.5 Å². The highest BCUT2D eigenvalue weighted by atomic mass is 32.2. The Hall–Kier alpha value is -1.34. The normalized spacial score (nSPS) is 21.2. The van der Waals surface area contributed by atoms with Gasteiger partial charge in [0.25, 0.3) is 0 Å². The number of methoxy groups -OCH3 is 1. The van der Waals surface area contributed by atoms with Crippen LogP contribution in [0.2, 0.25) is 0 Å². The quantitative estimate of drug-likeness (QED) is 0.821. The molecule has 0 aromatic heterocycles. The molecule has 0 spiro atoms. The molecule has 0 unspecified atom stereocenters. The smallest absolute Gasteiger partial charge is 0.179 e. The van der Waals surface area contributed by atoms with Gasteiger partial charge in [0.1, 0.15) is 5.75 Å². The SMILES string of the molecule is COc1cccc(C2=CS(=O)(=O)CCCS2(=O)=O)c1. The van der Waals surface area contributed by atoms with Gasteiger partial charge in [-0.05, 0) is 24.1 Å². The lowest BCUT2D eigenvalue weighted by atomic mass is 10.2. The van der Waals surface area contributed by atoms with E-state index in [0.29, 0.717) is 11.3 Å². The number of sulfone groups is 2. The summed E-state index contributed by atoms with van der Waals surface area (Å²) in [5, 5.41) is 0.865. The van der Waals surface area contributed by atoms with E-state index in [1.54, 1.807) is 18.2 Å². The van der Waals surface area contributed by atoms with Gasteiger partial charge >= 0.3 is 0 Å². The maximum Gasteiger partial charge on any atom is 0.179 e. The molecule has 0 amide bonds. The Morgan fingerprint density at radius 3 is 2.53 bits per heavy atom. The molecule has 0 atom stereocenters. The maximum atomic E-state index is 12.1. The lowest BCUT2D eigenvalue weighted by Crippen LogP contribution is -2.07. The van der Waals surface area contributed by atoms with E-state index in [4.69, 9.17) is 4.74 Å². The van der Waals surface area contributed by atoms with Gasteiger partial charge in [-0.25, -0.2) is 16.8 Å². The summed E-state index contributed by atoms with van der Waals surface area (Å²) in [7, 11) is -5.61. The van der Waals surface area contributed by atoms with Crippen molar-refractivity contribution in [3.05, 3.63) is 35.2 Å². The minimum atomic E-state index is -3.58. The van der Waals surface area contributed by atoms with E-state index in [-0.39, 0.29) is 22.8 Å². The first-order valence-corrected chi connectivity index (χ1v) is 9.02. The molecule has 2 rings (SSSR count). The van der Waals surface area contributed by atoms with Crippen molar-refractivity contribution >= 4 is 24.6 Å². The number of ether oxygens (including phenoxy) is 1. The molecule has 5 nitrogen and oxygen atoms in total. The van der Waals surface area contributed by atoms with Gasteiger partial charge in [-0.2, -0.15) is 0 Å². The monoisotopic (exact) mass is 302 g/mol. The number of rotatable bonds is 2. The third kappa shape index (κ3) is 3.16. The van der Waals surface area contributed by atoms with Crippen LogP contribution in [0.5, 0.6) is 5.75 Å². The van der Waals surface area contributed by atoms with Crippen molar-refractivity contribution < 1.29 is 21.6 Å². The molecule has 104 valence electrons. The van der Waals surface area contributed by atoms with Crippen LogP contribution in [0.4, 0.5) is 0 Å². The summed E-state index contributed by atoms with van der Waals surface area (Å²) in [6.07, 6.45) is 0.120. The molecule has 0 N–H and O–H groups in total. The Morgan fingerprint density at radius 1 is 1.11 bits per heavy atom. The van der Waals surface area contributed by atoms with E-state index in [2.05, 4.69) is 0 Å². The van der Waals surface area contributed by atoms with Gasteiger partial charge in [-0.3, -0.25) is 0 Å². The Morgan fingerprint density at radius 2 is 1.84 bits per heavy atom. The zero-order valence-corrected chi connectivity index (χ0v) is 12.0. The first kappa shape index (κ1) is 14.1. The van der Waals surface area contributed by atoms with Crippen molar-refractivity contribution in [3.63, 3.8) is 0 Å². The van der Waals surface area contributed by atoms with Crippen LogP contribution in [0.15, 0.2) is 29.7 Å². The maximum absolute atomic E-state index is 12.1. The molecule has 0 aliphatic carbocycles. The van der Waals surface area contributed by atoms with Gasteiger partial charge in [0.2, 0.25) is 0 Å². The van der Waals surface area contributed by atoms with Crippen LogP contribution in [0.3, 0.4) is 0 Å². The van der Waals surface area contributed by atoms with Crippen LogP contribution in [0, 0.1) is 0 Å². The summed E-state index contributed by atoms with van der Waals surface area (Å²) in [4.78, 5) is -0.149. The first-order valence-electron chi connectivity index (χ1n) is 5.66. The first-order chi connectivity index (χ1) is 8.84. The Bertz CT molecular complexity index is 714. The third-order valence-electron chi connectivity index (χ3n) is 2.82. The molecule has 1 aliphatic rings. The molecule has 1 aliphatic heterocycles. The van der Waals surface area contributed by atoms with Gasteiger partial charge < -0.3 is 4.74 Å². The minimum Gasteiger partial charge on any atom is -0.497 e. The second-order valence-corrected chi connectivity index (χ2v) is 8.30. The zero-order chi connectivity index (χ0) is 14.1. The second kappa shape index (κ2) is 4.97. The molecule has 0 saturated carbocycles. The molecule has 0 saturated heterocycles. The summed E-state index contributed by atoms with van der Waals surface area (Å²) in [5.41, 5.74) is 0.338. The molecule has 19 heavy (non-hydrogen) atoms. The Balaban J connectivity index is 2.64. The van der Waals surface area contributed by atoms with Crippen LogP contribution < -0.4 is 4.74 Å². The summed E-state index contributed by atoms with van der Waals surface area (Å²) in [5.74, 6) is 0.185. The van der Waals surface area contributed by atoms with Crippen molar-refractivity contribution in [1.82, 2.24) is 0 Å². The summed E-state index contributed by atoms with van der Waals surface area (Å²) >= 11 is 0. The van der Waals surface area contributed by atoms with Crippen molar-refractivity contribution in [2.24, 2.45) is 0 Å². The van der Waals surface area contributed by atoms with Crippen LogP contribution in [0.25, 0.3) is 4.91 Å². The third-order valence-corrected chi connectivity index (χ3v) is 6.27. The average Bonchev–Trinajstić information content (AvgIpc) is 2.45. The summed E-state index contributed by atoms with van der Waals surface area (Å²) in [6.45, 7) is 0. The molecule has 0 radical (unpaired) electrons. The largest absolute Gasteiger partial charge is 0.497 e. The fourth-order valence-corrected chi connectivity index (χ4v) is 5.45. The highest BCUT2D eigenvalue weighted by molar-refractivity contribution is 8.03. The molecular weight excluding hydrogens is 288 g/mol. The molecule has 0 bridgehead atoms. The molecule has 7 heteroatoms. The van der Waals surface area contributed by atoms with E-state index in [1.807, 2.05) is 0 Å². The van der Waals surface area contributed by atoms with E-state index in [1.165, 1.54) is 13.2 Å². The number of benzene rings is 1. The fourth-order valence-electron chi connectivity index (χ4n) is 1.88. The Kier molecular flexibility index (Phi) is 3.69. The van der Waals surface area contributed by atoms with Crippen LogP contribution >= 0.6 is 0 Å². The van der Waals surface area contributed by atoms with E-state index < -0.39 is 19.7 Å². The minimum absolute atomic E-state index is 0.120. The van der Waals surface area contributed by atoms with E-state index >= 15 is 0 Å². The van der Waals surface area contributed by atoms with Crippen LogP contribution in [0.1, 0.15) is 12.0 Å². The van der Waals surface area contributed by atoms with Crippen LogP contribution in [-0.2, 0) is 19.7 Å². The van der Waals surface area contributed by atoms with Crippen molar-refractivity contribution in [2.45, 2.75) is 6.42 Å². The number of hydrogen-bond donors (Lipinski definition) is 0. The molecular formula is C12H14O5S2. The molecule has 0 fully saturated rings. The van der Waals surface area contributed by atoms with E-state index in [9.17, 15) is 16.8 Å². The lowest BCUT2D eigenvalue weighted by molar-refractivity contribution is 0.414. The molecule has 1 aromatic carbocycles. The highest BCUT2D eigenvalue weighted by Crippen LogP contribution is 2.28. The predicted molar refractivity (Wildman–Crippen MR) is 73.2 cm³/mol. The average molecular weight is 302 g/mol. The Labute approximate surface area is 112 Å². The van der Waals surface area contributed by atoms with Crippen molar-refractivity contribution in [1.29, 1.82) is 0 Å². The summed E-state index contributed by atoms with van der Waals surface area (Å²) < 4.78 is 52.7. The highest BCUT2D eigenvalue weighted by Gasteiger charge is 2.27. The zero-order valence-electron chi connectivity index (χ0n) is 10.4. The predicted octanol–water partition coefficient (Wildman–Crippen LogP) is 1.23. The lowest BCUT2D eigenvalue weighted by Gasteiger charge is -2.08. The van der Waals surface area contributed by atoms with Gasteiger partial charge in [-0.15, -0.1) is 0 Å². The van der Waals surface area contributed by atoms with Crippen molar-refractivity contribution in [3.8, 4) is 5.75 Å². The van der Waals surface area contributed by atoms with Gasteiger partial charge in [0, 0.05) is 5.41 Å². The number of hydrogen-bond acceptors (Lipinski definition) is 5. The second-order valence-electron chi connectivity index (χ2n) is 4.25. The van der Waals surface area contributed by atoms with Gasteiger partial charge in [-0.1, -0.05) is 12.1 Å².